The molecule has 40 heavy (non-hydrogen) atoms. The van der Waals surface area contributed by atoms with Crippen LogP contribution in [0.2, 0.25) is 0 Å². The van der Waals surface area contributed by atoms with E-state index in [1.54, 1.807) is 36.7 Å². The third-order valence-electron chi connectivity index (χ3n) is 9.34. The van der Waals surface area contributed by atoms with Gasteiger partial charge in [-0.2, -0.15) is 0 Å². The van der Waals surface area contributed by atoms with E-state index in [0.29, 0.717) is 22.9 Å². The van der Waals surface area contributed by atoms with Crippen molar-refractivity contribution in [2.24, 2.45) is 23.3 Å². The van der Waals surface area contributed by atoms with E-state index >= 15 is 0 Å². The molecular weight excluding hydrogens is 543 g/mol. The monoisotopic (exact) mass is 576 g/mol. The highest BCUT2D eigenvalue weighted by Gasteiger charge is 2.58. The van der Waals surface area contributed by atoms with Crippen molar-refractivity contribution in [3.05, 3.63) is 108 Å². The molecule has 0 saturated heterocycles. The van der Waals surface area contributed by atoms with Gasteiger partial charge in [0.25, 0.3) is 10.4 Å². The van der Waals surface area contributed by atoms with Crippen molar-refractivity contribution >= 4 is 23.2 Å². The first-order valence-corrected chi connectivity index (χ1v) is 14.7. The summed E-state index contributed by atoms with van der Waals surface area (Å²) in [6.07, 6.45) is 17.8. The fraction of sp³-hybridized carbons (Fsp3) is 0.375. The molecule has 208 valence electrons. The van der Waals surface area contributed by atoms with Gasteiger partial charge in [-0.1, -0.05) is 24.3 Å². The van der Waals surface area contributed by atoms with Crippen LogP contribution in [0.4, 0.5) is 0 Å². The van der Waals surface area contributed by atoms with Crippen molar-refractivity contribution in [3.8, 4) is 11.5 Å². The minimum Gasteiger partial charge on any atom is -0.450 e. The molecule has 8 rings (SSSR count). The normalized spacial score (nSPS) is 37.2. The number of nitrogens with one attached hydrogen (secondary N) is 2. The maximum atomic E-state index is 6.59. The number of hydrogen-bond donors (Lipinski definition) is 4. The third kappa shape index (κ3) is 4.61. The summed E-state index contributed by atoms with van der Waals surface area (Å²) in [6.45, 7) is 0. The Balaban J connectivity index is 1.12. The van der Waals surface area contributed by atoms with E-state index in [1.807, 2.05) is 24.3 Å². The number of alkyl halides is 2. The fourth-order valence-electron chi connectivity index (χ4n) is 8.26. The van der Waals surface area contributed by atoms with Crippen LogP contribution in [0.25, 0.3) is 0 Å². The molecule has 4 saturated carbocycles. The lowest BCUT2D eigenvalue weighted by molar-refractivity contribution is -0.0281. The molecule has 2 atom stereocenters. The lowest BCUT2D eigenvalue weighted by Crippen LogP contribution is -2.55. The van der Waals surface area contributed by atoms with Gasteiger partial charge in [-0.3, -0.25) is 0 Å². The third-order valence-corrected chi connectivity index (χ3v) is 9.93. The van der Waals surface area contributed by atoms with Gasteiger partial charge in [0.1, 0.15) is 11.5 Å². The molecule has 8 heteroatoms. The highest BCUT2D eigenvalue weighted by molar-refractivity contribution is 6.24. The van der Waals surface area contributed by atoms with Crippen LogP contribution in [0.1, 0.15) is 49.7 Å². The minimum atomic E-state index is -1.18. The Morgan fingerprint density at radius 3 is 1.43 bits per heavy atom. The Morgan fingerprint density at radius 1 is 0.650 bits per heavy atom. The average molecular weight is 578 g/mol. The van der Waals surface area contributed by atoms with Gasteiger partial charge in [0.2, 0.25) is 0 Å². The second-order valence-electron chi connectivity index (χ2n) is 12.3. The molecule has 6 nitrogen and oxygen atoms in total. The van der Waals surface area contributed by atoms with E-state index in [4.69, 9.17) is 44.1 Å². The van der Waals surface area contributed by atoms with Crippen molar-refractivity contribution in [2.45, 2.75) is 59.7 Å². The van der Waals surface area contributed by atoms with Gasteiger partial charge in [0.15, 0.2) is 0 Å². The van der Waals surface area contributed by atoms with Gasteiger partial charge >= 0.3 is 0 Å². The second-order valence-corrected chi connectivity index (χ2v) is 13.4. The first-order chi connectivity index (χ1) is 19.1. The van der Waals surface area contributed by atoms with Crippen molar-refractivity contribution in [1.82, 2.24) is 10.6 Å². The molecule has 6 aliphatic rings. The van der Waals surface area contributed by atoms with Crippen molar-refractivity contribution in [2.75, 3.05) is 0 Å². The molecule has 0 aromatic heterocycles. The Hall–Kier alpha value is -3.22. The zero-order valence-corrected chi connectivity index (χ0v) is 23.7. The number of ether oxygens (including phenoxy) is 2. The van der Waals surface area contributed by atoms with Crippen LogP contribution in [0.3, 0.4) is 0 Å². The minimum absolute atomic E-state index is 0.174. The molecule has 4 bridgehead atoms. The zero-order chi connectivity index (χ0) is 27.6. The molecular formula is C32H34Cl2N4O2. The van der Waals surface area contributed by atoms with Gasteiger partial charge in [-0.15, -0.1) is 0 Å². The van der Waals surface area contributed by atoms with Crippen molar-refractivity contribution in [1.29, 1.82) is 0 Å². The summed E-state index contributed by atoms with van der Waals surface area (Å²) in [4.78, 5) is 0. The number of nitrogens with two attached hydrogens (primary N) is 2. The lowest BCUT2D eigenvalue weighted by atomic mass is 9.42. The summed E-state index contributed by atoms with van der Waals surface area (Å²) >= 11 is 13.2. The summed E-state index contributed by atoms with van der Waals surface area (Å²) in [5, 5.41) is 3.69. The number of dihydropyridines is 2. The summed E-state index contributed by atoms with van der Waals surface area (Å²) in [6, 6.07) is 17.1. The van der Waals surface area contributed by atoms with E-state index in [9.17, 15) is 0 Å². The van der Waals surface area contributed by atoms with Gasteiger partial charge in [0.05, 0.1) is 0 Å². The number of hydrogen-bond acceptors (Lipinski definition) is 6. The molecule has 0 spiro atoms. The second kappa shape index (κ2) is 9.15. The van der Waals surface area contributed by atoms with E-state index < -0.39 is 10.4 Å². The summed E-state index contributed by atoms with van der Waals surface area (Å²) in [5.41, 5.74) is 16.1. The number of halogens is 2. The first-order valence-electron chi connectivity index (χ1n) is 14.0. The first kappa shape index (κ1) is 25.7. The molecule has 2 aliphatic heterocycles. The maximum absolute atomic E-state index is 6.59. The Kier molecular flexibility index (Phi) is 5.88. The molecule has 0 amide bonds. The predicted molar refractivity (Wildman–Crippen MR) is 158 cm³/mol. The van der Waals surface area contributed by atoms with E-state index in [1.165, 1.54) is 43.2 Å². The maximum Gasteiger partial charge on any atom is 0.280 e. The van der Waals surface area contributed by atoms with Crippen LogP contribution in [0, 0.1) is 11.8 Å². The molecule has 2 aromatic carbocycles. The van der Waals surface area contributed by atoms with E-state index in [2.05, 4.69) is 34.9 Å². The Bertz CT molecular complexity index is 1310. The quantitative estimate of drug-likeness (QED) is 0.251. The Labute approximate surface area is 245 Å². The van der Waals surface area contributed by atoms with Gasteiger partial charge in [0, 0.05) is 35.9 Å². The van der Waals surface area contributed by atoms with Crippen LogP contribution in [0.15, 0.2) is 96.6 Å². The molecule has 6 N–H and O–H groups in total. The summed E-state index contributed by atoms with van der Waals surface area (Å²) < 4.78 is 12.1. The SMILES string of the molecule is NC1=CC(Cl)(Oc2ccc(C34CC5CC(C3)CC(c3ccc(OC6(Cl)C=C(N)C=CN6)cc3)(C5)C4)cc2)NC=C1. The van der Waals surface area contributed by atoms with Gasteiger partial charge < -0.3 is 31.6 Å². The van der Waals surface area contributed by atoms with Crippen LogP contribution >= 0.6 is 23.2 Å². The molecule has 4 fully saturated rings. The number of rotatable bonds is 6. The summed E-state index contributed by atoms with van der Waals surface area (Å²) in [5.74, 6) is 2.89. The largest absolute Gasteiger partial charge is 0.450 e. The smallest absolute Gasteiger partial charge is 0.280 e. The highest BCUT2D eigenvalue weighted by Crippen LogP contribution is 2.66. The van der Waals surface area contributed by atoms with E-state index in [-0.39, 0.29) is 10.8 Å². The van der Waals surface area contributed by atoms with Gasteiger partial charge in [-0.05, 0) is 132 Å². The number of allylic oxidation sites excluding steroid dienone is 2. The van der Waals surface area contributed by atoms with Crippen LogP contribution < -0.4 is 31.6 Å². The van der Waals surface area contributed by atoms with Crippen LogP contribution in [-0.4, -0.2) is 10.4 Å². The highest BCUT2D eigenvalue weighted by atomic mass is 35.5. The van der Waals surface area contributed by atoms with Gasteiger partial charge in [-0.25, -0.2) is 0 Å². The van der Waals surface area contributed by atoms with E-state index in [0.717, 1.165) is 18.3 Å². The molecule has 4 aliphatic carbocycles. The Morgan fingerprint density at radius 2 is 1.05 bits per heavy atom. The topological polar surface area (TPSA) is 94.6 Å². The molecule has 2 heterocycles. The summed E-state index contributed by atoms with van der Waals surface area (Å²) in [7, 11) is 0. The van der Waals surface area contributed by atoms with Crippen LogP contribution in [0.5, 0.6) is 11.5 Å². The molecule has 0 radical (unpaired) electrons. The standard InChI is InChI=1S/C32H34Cl2N4O2/c33-31(18-25(35)9-11-37-31)39-27-5-1-23(2-6-27)29-14-21-13-22(15-29)17-30(16-21,20-29)24-3-7-28(8-4-24)40-32(34)19-26(36)10-12-38-32/h1-12,18-19,21-22,37-38H,13-17,20,35-36H2. The van der Waals surface area contributed by atoms with Crippen molar-refractivity contribution in [3.63, 3.8) is 0 Å². The number of benzene rings is 2. The predicted octanol–water partition coefficient (Wildman–Crippen LogP) is 5.94. The lowest BCUT2D eigenvalue weighted by Gasteiger charge is -2.62. The zero-order valence-electron chi connectivity index (χ0n) is 22.2. The fourth-order valence-corrected chi connectivity index (χ4v) is 8.82. The molecule has 2 aromatic rings. The van der Waals surface area contributed by atoms with Crippen molar-refractivity contribution < 1.29 is 9.47 Å². The van der Waals surface area contributed by atoms with Crippen LogP contribution in [-0.2, 0) is 10.8 Å². The average Bonchev–Trinajstić information content (AvgIpc) is 2.88. The molecule has 2 unspecified atom stereocenters.